The van der Waals surface area contributed by atoms with Gasteiger partial charge in [-0.3, -0.25) is 9.59 Å². The van der Waals surface area contributed by atoms with Crippen LogP contribution >= 0.6 is 0 Å². The van der Waals surface area contributed by atoms with Crippen LogP contribution in [0, 0.1) is 11.3 Å². The summed E-state index contributed by atoms with van der Waals surface area (Å²) < 4.78 is 21.5. The molecule has 2 aliphatic carbocycles. The first-order valence-electron chi connectivity index (χ1n) is 10.7. The molecule has 0 N–H and O–H groups in total. The molecular formula is C24H30O8. The van der Waals surface area contributed by atoms with Crippen LogP contribution < -0.4 is 0 Å². The molecule has 1 saturated heterocycles. The molecule has 3 aliphatic rings. The molecule has 4 atom stereocenters. The molecule has 1 saturated carbocycles. The zero-order chi connectivity index (χ0) is 23.7. The normalized spacial score (nSPS) is 34.2. The fourth-order valence-corrected chi connectivity index (χ4v) is 5.61. The Hall–Kier alpha value is -2.90. The minimum atomic E-state index is -1.11. The van der Waals surface area contributed by atoms with E-state index in [-0.39, 0.29) is 12.3 Å². The zero-order valence-electron chi connectivity index (χ0n) is 19.2. The number of carbonyl (C=O) groups is 4. The van der Waals surface area contributed by atoms with Gasteiger partial charge in [0.2, 0.25) is 0 Å². The summed E-state index contributed by atoms with van der Waals surface area (Å²) >= 11 is 0. The number of rotatable bonds is 5. The van der Waals surface area contributed by atoms with Gasteiger partial charge in [-0.05, 0) is 52.0 Å². The highest BCUT2D eigenvalue weighted by Crippen LogP contribution is 2.65. The van der Waals surface area contributed by atoms with E-state index in [0.29, 0.717) is 36.8 Å². The van der Waals surface area contributed by atoms with Crippen molar-refractivity contribution in [2.75, 3.05) is 14.2 Å². The van der Waals surface area contributed by atoms with E-state index in [1.807, 2.05) is 0 Å². The third-order valence-corrected chi connectivity index (χ3v) is 7.14. The summed E-state index contributed by atoms with van der Waals surface area (Å²) in [6.45, 7) is 4.74. The Morgan fingerprint density at radius 3 is 2.50 bits per heavy atom. The molecule has 32 heavy (non-hydrogen) atoms. The van der Waals surface area contributed by atoms with Crippen LogP contribution in [0.3, 0.4) is 0 Å². The Morgan fingerprint density at radius 1 is 1.16 bits per heavy atom. The predicted octanol–water partition coefficient (Wildman–Crippen LogP) is 2.96. The van der Waals surface area contributed by atoms with Crippen molar-refractivity contribution in [3.8, 4) is 0 Å². The van der Waals surface area contributed by atoms with Crippen LogP contribution in [0.4, 0.5) is 0 Å². The van der Waals surface area contributed by atoms with E-state index < -0.39 is 40.5 Å². The van der Waals surface area contributed by atoms with Crippen molar-refractivity contribution in [3.05, 3.63) is 35.5 Å². The number of methoxy groups -OCH3 is 2. The van der Waals surface area contributed by atoms with E-state index in [1.54, 1.807) is 38.2 Å². The fourth-order valence-electron chi connectivity index (χ4n) is 5.61. The van der Waals surface area contributed by atoms with Gasteiger partial charge < -0.3 is 18.9 Å². The average molecular weight is 446 g/mol. The van der Waals surface area contributed by atoms with Crippen molar-refractivity contribution >= 4 is 23.9 Å². The molecule has 174 valence electrons. The van der Waals surface area contributed by atoms with E-state index in [2.05, 4.69) is 0 Å². The number of esters is 4. The summed E-state index contributed by atoms with van der Waals surface area (Å²) in [5.74, 6) is -2.15. The maximum absolute atomic E-state index is 13.5. The van der Waals surface area contributed by atoms with Gasteiger partial charge in [0.15, 0.2) is 0 Å². The lowest BCUT2D eigenvalue weighted by Crippen LogP contribution is -2.65. The molecule has 1 aliphatic heterocycles. The Balaban J connectivity index is 2.04. The van der Waals surface area contributed by atoms with Crippen molar-refractivity contribution < 1.29 is 38.1 Å². The fraction of sp³-hybridized carbons (Fsp3) is 0.583. The standard InChI is InChI=1S/C24H30O8/c1-15(19(26)29-4)7-6-11-22(3)18-10-13-23(21(28)32-22)12-8-17(20(27)30-5)9-14-24(18,23)31-16(2)25/h6-8,11,18H,9-10,12-14H2,1-5H3/b11-6+,15-7+/t18?,22-,23-,24+/m1/s1. The molecule has 0 spiro atoms. The van der Waals surface area contributed by atoms with Gasteiger partial charge in [0.05, 0.1) is 14.2 Å². The lowest BCUT2D eigenvalue weighted by molar-refractivity contribution is -0.235. The molecule has 2 bridgehead atoms. The van der Waals surface area contributed by atoms with E-state index in [0.717, 1.165) is 0 Å². The average Bonchev–Trinajstić information content (AvgIpc) is 2.89. The van der Waals surface area contributed by atoms with E-state index in [1.165, 1.54) is 21.1 Å². The van der Waals surface area contributed by atoms with Gasteiger partial charge >= 0.3 is 23.9 Å². The lowest BCUT2D eigenvalue weighted by atomic mass is 9.62. The molecule has 0 radical (unpaired) electrons. The Morgan fingerprint density at radius 2 is 1.88 bits per heavy atom. The molecule has 0 amide bonds. The second-order valence-electron chi connectivity index (χ2n) is 8.86. The number of hydrogen-bond donors (Lipinski definition) is 0. The second kappa shape index (κ2) is 8.56. The van der Waals surface area contributed by atoms with Crippen molar-refractivity contribution in [2.24, 2.45) is 11.3 Å². The largest absolute Gasteiger partial charge is 0.466 e. The van der Waals surface area contributed by atoms with Crippen LogP contribution in [0.1, 0.15) is 52.9 Å². The number of carbonyl (C=O) groups excluding carboxylic acids is 4. The maximum Gasteiger partial charge on any atom is 0.333 e. The van der Waals surface area contributed by atoms with Gasteiger partial charge in [0.1, 0.15) is 16.6 Å². The first-order valence-corrected chi connectivity index (χ1v) is 10.7. The highest BCUT2D eigenvalue weighted by Gasteiger charge is 2.74. The van der Waals surface area contributed by atoms with Crippen molar-refractivity contribution in [3.63, 3.8) is 0 Å². The molecule has 2 fully saturated rings. The van der Waals surface area contributed by atoms with Crippen LogP contribution in [-0.4, -0.2) is 49.3 Å². The van der Waals surface area contributed by atoms with Crippen LogP contribution in [0.25, 0.3) is 0 Å². The van der Waals surface area contributed by atoms with Gasteiger partial charge in [0, 0.05) is 24.0 Å². The first kappa shape index (κ1) is 23.8. The molecule has 0 aromatic carbocycles. The second-order valence-corrected chi connectivity index (χ2v) is 8.86. The van der Waals surface area contributed by atoms with Crippen LogP contribution in [0.2, 0.25) is 0 Å². The van der Waals surface area contributed by atoms with Crippen LogP contribution in [0.15, 0.2) is 35.5 Å². The predicted molar refractivity (Wildman–Crippen MR) is 113 cm³/mol. The number of cyclic esters (lactones) is 1. The quantitative estimate of drug-likeness (QED) is 0.275. The minimum absolute atomic E-state index is 0.237. The summed E-state index contributed by atoms with van der Waals surface area (Å²) in [5.41, 5.74) is -2.36. The summed E-state index contributed by atoms with van der Waals surface area (Å²) in [6, 6.07) is 0. The molecular weight excluding hydrogens is 416 g/mol. The van der Waals surface area contributed by atoms with Crippen molar-refractivity contribution in [1.82, 2.24) is 0 Å². The molecule has 1 heterocycles. The Labute approximate surface area is 187 Å². The summed E-state index contributed by atoms with van der Waals surface area (Å²) in [4.78, 5) is 49.5. The van der Waals surface area contributed by atoms with E-state index in [9.17, 15) is 19.2 Å². The molecule has 0 aromatic rings. The highest BCUT2D eigenvalue weighted by molar-refractivity contribution is 5.90. The van der Waals surface area contributed by atoms with Gasteiger partial charge in [-0.1, -0.05) is 18.2 Å². The third-order valence-electron chi connectivity index (χ3n) is 7.14. The van der Waals surface area contributed by atoms with Gasteiger partial charge in [-0.15, -0.1) is 0 Å². The maximum atomic E-state index is 13.5. The number of allylic oxidation sites excluding steroid dienone is 3. The van der Waals surface area contributed by atoms with Crippen LogP contribution in [-0.2, 0) is 38.1 Å². The zero-order valence-corrected chi connectivity index (χ0v) is 19.2. The van der Waals surface area contributed by atoms with E-state index >= 15 is 0 Å². The smallest absolute Gasteiger partial charge is 0.333 e. The third kappa shape index (κ3) is 3.65. The van der Waals surface area contributed by atoms with Crippen molar-refractivity contribution in [1.29, 1.82) is 0 Å². The summed E-state index contributed by atoms with van der Waals surface area (Å²) in [6.07, 6.45) is 8.66. The molecule has 0 aromatic heterocycles. The molecule has 8 heteroatoms. The van der Waals surface area contributed by atoms with Gasteiger partial charge in [-0.2, -0.15) is 0 Å². The van der Waals surface area contributed by atoms with E-state index in [4.69, 9.17) is 18.9 Å². The summed E-state index contributed by atoms with van der Waals surface area (Å²) in [5, 5.41) is 0. The number of ether oxygens (including phenoxy) is 4. The minimum Gasteiger partial charge on any atom is -0.466 e. The van der Waals surface area contributed by atoms with Crippen LogP contribution in [0.5, 0.6) is 0 Å². The van der Waals surface area contributed by atoms with Crippen molar-refractivity contribution in [2.45, 2.75) is 64.1 Å². The summed E-state index contributed by atoms with van der Waals surface area (Å²) in [7, 11) is 2.62. The number of hydrogen-bond acceptors (Lipinski definition) is 8. The first-order chi connectivity index (χ1) is 15.0. The monoisotopic (exact) mass is 446 g/mol. The Bertz CT molecular complexity index is 928. The molecule has 3 rings (SSSR count). The lowest BCUT2D eigenvalue weighted by Gasteiger charge is -2.54. The van der Waals surface area contributed by atoms with Gasteiger partial charge in [-0.25, -0.2) is 9.59 Å². The molecule has 8 nitrogen and oxygen atoms in total. The Kier molecular flexibility index (Phi) is 6.36. The molecule has 1 unspecified atom stereocenters. The van der Waals surface area contributed by atoms with Gasteiger partial charge in [0.25, 0.3) is 0 Å². The SMILES string of the molecule is COC(=O)C1=CC[C@@]23CCC([C@@](C)(/C=C/C=C(\C)C(=O)OC)OC2=O)[C@@]3(OC(C)=O)CC1. The topological polar surface area (TPSA) is 105 Å². The highest BCUT2D eigenvalue weighted by atomic mass is 16.6.